The summed E-state index contributed by atoms with van der Waals surface area (Å²) in [7, 11) is 0. The molecule has 172 valence electrons. The molecule has 5 nitrogen and oxygen atoms in total. The molecule has 0 aliphatic carbocycles. The van der Waals surface area contributed by atoms with Crippen molar-refractivity contribution in [3.63, 3.8) is 0 Å². The zero-order chi connectivity index (χ0) is 22.6. The molecule has 2 aromatic rings. The van der Waals surface area contributed by atoms with Crippen LogP contribution >= 0.6 is 34.8 Å². The highest BCUT2D eigenvalue weighted by molar-refractivity contribution is 6.40. The maximum atomic E-state index is 13.0. The van der Waals surface area contributed by atoms with Crippen LogP contribution < -0.4 is 9.30 Å². The number of imidazole rings is 1. The largest absolute Gasteiger partial charge is 0.489 e. The van der Waals surface area contributed by atoms with Crippen molar-refractivity contribution < 1.29 is 14.1 Å². The van der Waals surface area contributed by atoms with Crippen molar-refractivity contribution in [3.05, 3.63) is 45.9 Å². The van der Waals surface area contributed by atoms with Gasteiger partial charge in [-0.3, -0.25) is 0 Å². The number of carbonyl (C=O) groups excluding carboxylic acids is 1. The fraction of sp³-hybridized carbons (Fsp3) is 0.565. The molecule has 1 aromatic carbocycles. The molecule has 1 amide bonds. The van der Waals surface area contributed by atoms with Gasteiger partial charge in [0.1, 0.15) is 19.0 Å². The van der Waals surface area contributed by atoms with Gasteiger partial charge in [0.2, 0.25) is 0 Å². The Labute approximate surface area is 200 Å². The smallest absolute Gasteiger partial charge is 0.415 e. The molecule has 0 atom stereocenters. The quantitative estimate of drug-likeness (QED) is 0.228. The van der Waals surface area contributed by atoms with Crippen LogP contribution in [0, 0.1) is 0 Å². The van der Waals surface area contributed by atoms with Crippen LogP contribution in [0.15, 0.2) is 30.9 Å². The number of carbonyl (C=O) groups is 1. The summed E-state index contributed by atoms with van der Waals surface area (Å²) in [5.74, 6) is 0.384. The minimum absolute atomic E-state index is 0.0690. The molecule has 0 aliphatic heterocycles. The molecule has 0 spiro atoms. The van der Waals surface area contributed by atoms with Gasteiger partial charge in [0.05, 0.1) is 23.1 Å². The Kier molecular flexibility index (Phi) is 11.6. The third kappa shape index (κ3) is 8.55. The predicted octanol–water partition coefficient (Wildman–Crippen LogP) is 6.86. The highest BCUT2D eigenvalue weighted by Gasteiger charge is 2.21. The van der Waals surface area contributed by atoms with Gasteiger partial charge in [0.15, 0.2) is 5.75 Å². The van der Waals surface area contributed by atoms with Gasteiger partial charge >= 0.3 is 6.03 Å². The Morgan fingerprint density at radius 1 is 1.00 bits per heavy atom. The molecule has 1 heterocycles. The van der Waals surface area contributed by atoms with E-state index in [-0.39, 0.29) is 12.6 Å². The van der Waals surface area contributed by atoms with Crippen LogP contribution in [0.4, 0.5) is 4.79 Å². The fourth-order valence-electron chi connectivity index (χ4n) is 3.38. The highest BCUT2D eigenvalue weighted by atomic mass is 35.5. The fourth-order valence-corrected chi connectivity index (χ4v) is 4.30. The van der Waals surface area contributed by atoms with E-state index in [4.69, 9.17) is 39.5 Å². The molecular weight excluding hydrogens is 457 g/mol. The van der Waals surface area contributed by atoms with E-state index in [0.29, 0.717) is 33.9 Å². The van der Waals surface area contributed by atoms with E-state index in [1.54, 1.807) is 21.6 Å². The molecule has 31 heavy (non-hydrogen) atoms. The molecule has 0 saturated heterocycles. The molecule has 0 saturated carbocycles. The Morgan fingerprint density at radius 2 is 1.68 bits per heavy atom. The van der Waals surface area contributed by atoms with Gasteiger partial charge in [-0.25, -0.2) is 9.36 Å². The number of hydrogen-bond acceptors (Lipinski definition) is 2. The number of benzene rings is 1. The summed E-state index contributed by atoms with van der Waals surface area (Å²) in [5.41, 5.74) is 0. The van der Waals surface area contributed by atoms with Gasteiger partial charge in [-0.15, -0.1) is 0 Å². The first kappa shape index (κ1) is 25.8. The molecule has 0 fully saturated rings. The summed E-state index contributed by atoms with van der Waals surface area (Å²) in [6.45, 7) is 6.55. The lowest BCUT2D eigenvalue weighted by Gasteiger charge is -2.20. The molecule has 0 bridgehead atoms. The van der Waals surface area contributed by atoms with E-state index >= 15 is 0 Å². The Morgan fingerprint density at radius 3 is 2.35 bits per heavy atom. The number of aromatic nitrogens is 2. The summed E-state index contributed by atoms with van der Waals surface area (Å²) in [6.07, 6.45) is 14.0. The van der Waals surface area contributed by atoms with E-state index in [2.05, 4.69) is 11.5 Å². The van der Waals surface area contributed by atoms with E-state index in [1.165, 1.54) is 32.1 Å². The minimum atomic E-state index is -0.0690. The van der Waals surface area contributed by atoms with Gasteiger partial charge in [-0.1, -0.05) is 74.3 Å². The third-order valence-corrected chi connectivity index (χ3v) is 5.80. The normalized spacial score (nSPS) is 11.0. The number of nitrogens with zero attached hydrogens (tertiary/aromatic N) is 3. The maximum absolute atomic E-state index is 13.0. The van der Waals surface area contributed by atoms with Crippen molar-refractivity contribution in [3.8, 4) is 5.75 Å². The van der Waals surface area contributed by atoms with Crippen LogP contribution in [0.5, 0.6) is 5.75 Å². The van der Waals surface area contributed by atoms with Crippen LogP contribution in [0.25, 0.3) is 0 Å². The molecule has 0 aliphatic rings. The summed E-state index contributed by atoms with van der Waals surface area (Å²) in [5, 5.41) is 1.16. The second-order valence-corrected chi connectivity index (χ2v) is 8.89. The average molecular weight is 490 g/mol. The minimum Gasteiger partial charge on any atom is -0.489 e. The Hall–Kier alpha value is -1.43. The van der Waals surface area contributed by atoms with Crippen LogP contribution in [0.3, 0.4) is 0 Å². The second-order valence-electron chi connectivity index (χ2n) is 7.64. The SMILES string of the molecule is CCCCCCCC[n+]1ccn(C(=O)N(CCC)CCOc2c(Cl)cc(Cl)cc2Cl)c1. The van der Waals surface area contributed by atoms with Gasteiger partial charge in [0, 0.05) is 11.6 Å². The first-order valence-corrected chi connectivity index (χ1v) is 12.2. The lowest BCUT2D eigenvalue weighted by atomic mass is 10.1. The molecule has 2 rings (SSSR count). The highest BCUT2D eigenvalue weighted by Crippen LogP contribution is 2.35. The van der Waals surface area contributed by atoms with Crippen molar-refractivity contribution in [1.82, 2.24) is 9.47 Å². The summed E-state index contributed by atoms with van der Waals surface area (Å²) in [4.78, 5) is 14.7. The first-order valence-electron chi connectivity index (χ1n) is 11.1. The van der Waals surface area contributed by atoms with Gasteiger partial charge in [0.25, 0.3) is 6.33 Å². The Bertz CT molecular complexity index is 803. The average Bonchev–Trinajstić information content (AvgIpc) is 3.20. The molecule has 0 radical (unpaired) electrons. The summed E-state index contributed by atoms with van der Waals surface area (Å²) < 4.78 is 9.46. The number of unbranched alkanes of at least 4 members (excludes halogenated alkanes) is 5. The van der Waals surface area contributed by atoms with Gasteiger partial charge < -0.3 is 9.64 Å². The molecule has 0 N–H and O–H groups in total. The lowest BCUT2D eigenvalue weighted by molar-refractivity contribution is -0.696. The van der Waals surface area contributed by atoms with Crippen molar-refractivity contribution in [2.75, 3.05) is 19.7 Å². The van der Waals surface area contributed by atoms with Gasteiger partial charge in [-0.05, 0) is 31.4 Å². The van der Waals surface area contributed by atoms with Crippen LogP contribution in [-0.4, -0.2) is 35.2 Å². The zero-order valence-corrected chi connectivity index (χ0v) is 20.7. The van der Waals surface area contributed by atoms with E-state index in [1.807, 2.05) is 25.6 Å². The number of amides is 1. The number of ether oxygens (including phenoxy) is 1. The second kappa shape index (κ2) is 13.9. The third-order valence-electron chi connectivity index (χ3n) is 5.02. The summed E-state index contributed by atoms with van der Waals surface area (Å²) >= 11 is 18.3. The number of halogens is 3. The van der Waals surface area contributed by atoms with Crippen LogP contribution in [0.1, 0.15) is 58.8 Å². The van der Waals surface area contributed by atoms with E-state index in [9.17, 15) is 4.79 Å². The molecular formula is C23H33Cl3N3O2+. The molecule has 1 aromatic heterocycles. The standard InChI is InChI=1S/C23H33Cl3N3O2/c1-3-5-6-7-8-9-11-27-12-13-29(18-27)23(30)28(10-4-2)14-15-31-22-20(25)16-19(24)17-21(22)26/h12-13,16-18H,3-11,14-15H2,1-2H3/q+1. The van der Waals surface area contributed by atoms with E-state index in [0.717, 1.165) is 19.4 Å². The monoisotopic (exact) mass is 488 g/mol. The van der Waals surface area contributed by atoms with Gasteiger partial charge in [-0.2, -0.15) is 4.57 Å². The van der Waals surface area contributed by atoms with Crippen LogP contribution in [-0.2, 0) is 6.54 Å². The number of hydrogen-bond donors (Lipinski definition) is 0. The molecule has 8 heteroatoms. The molecule has 0 unspecified atom stereocenters. The topological polar surface area (TPSA) is 38.3 Å². The van der Waals surface area contributed by atoms with Crippen LogP contribution in [0.2, 0.25) is 15.1 Å². The van der Waals surface area contributed by atoms with Crippen molar-refractivity contribution in [2.24, 2.45) is 0 Å². The Balaban J connectivity index is 1.87. The number of aryl methyl sites for hydroxylation is 1. The first-order chi connectivity index (χ1) is 15.0. The lowest BCUT2D eigenvalue weighted by Crippen LogP contribution is -2.39. The van der Waals surface area contributed by atoms with Crippen molar-refractivity contribution in [2.45, 2.75) is 65.3 Å². The predicted molar refractivity (Wildman–Crippen MR) is 128 cm³/mol. The summed E-state index contributed by atoms with van der Waals surface area (Å²) in [6, 6.07) is 3.10. The van der Waals surface area contributed by atoms with Crippen molar-refractivity contribution >= 4 is 40.8 Å². The number of rotatable bonds is 13. The van der Waals surface area contributed by atoms with E-state index < -0.39 is 0 Å². The zero-order valence-electron chi connectivity index (χ0n) is 18.5. The maximum Gasteiger partial charge on any atom is 0.415 e. The van der Waals surface area contributed by atoms with Crippen molar-refractivity contribution in [1.29, 1.82) is 0 Å².